The summed E-state index contributed by atoms with van der Waals surface area (Å²) in [4.78, 5) is 38.6. The molecule has 128 valence electrons. The second kappa shape index (κ2) is 5.99. The molecule has 0 radical (unpaired) electrons. The lowest BCUT2D eigenvalue weighted by atomic mass is 10.1. The summed E-state index contributed by atoms with van der Waals surface area (Å²) in [7, 11) is 0. The average Bonchev–Trinajstić information content (AvgIpc) is 3.16. The second-order valence-electron chi connectivity index (χ2n) is 5.86. The van der Waals surface area contributed by atoms with Gasteiger partial charge in [0.2, 0.25) is 5.91 Å². The van der Waals surface area contributed by atoms with Crippen molar-refractivity contribution in [2.45, 2.75) is 6.04 Å². The normalized spacial score (nSPS) is 18.0. The topological polar surface area (TPSA) is 86.4 Å². The van der Waals surface area contributed by atoms with Gasteiger partial charge in [-0.15, -0.1) is 0 Å². The fourth-order valence-corrected chi connectivity index (χ4v) is 3.65. The van der Waals surface area contributed by atoms with Crippen LogP contribution in [0, 0.1) is 5.82 Å². The van der Waals surface area contributed by atoms with Gasteiger partial charge >= 0.3 is 0 Å². The third-order valence-electron chi connectivity index (χ3n) is 4.25. The molecule has 25 heavy (non-hydrogen) atoms. The van der Waals surface area contributed by atoms with E-state index in [2.05, 4.69) is 10.2 Å². The van der Waals surface area contributed by atoms with Crippen LogP contribution in [0.1, 0.15) is 10.5 Å². The van der Waals surface area contributed by atoms with E-state index in [0.717, 1.165) is 11.8 Å². The Kier molecular flexibility index (Phi) is 3.79. The third kappa shape index (κ3) is 2.80. The number of likely N-dealkylation sites (tertiary alicyclic amines) is 1. The van der Waals surface area contributed by atoms with Crippen molar-refractivity contribution in [2.24, 2.45) is 0 Å². The van der Waals surface area contributed by atoms with Gasteiger partial charge in [-0.1, -0.05) is 11.8 Å². The van der Waals surface area contributed by atoms with Crippen LogP contribution in [0.4, 0.5) is 9.18 Å². The molecule has 2 aromatic rings. The van der Waals surface area contributed by atoms with Gasteiger partial charge in [0.25, 0.3) is 11.1 Å². The summed E-state index contributed by atoms with van der Waals surface area (Å²) in [5.41, 5.74) is 1.55. The first kappa shape index (κ1) is 15.8. The number of hydrogen-bond donors (Lipinski definition) is 1. The van der Waals surface area contributed by atoms with Crippen molar-refractivity contribution in [1.82, 2.24) is 20.0 Å². The largest absolute Gasteiger partial charge is 0.333 e. The Balaban J connectivity index is 1.42. The van der Waals surface area contributed by atoms with Crippen LogP contribution >= 0.6 is 11.8 Å². The zero-order valence-electron chi connectivity index (χ0n) is 12.9. The molecule has 2 aliphatic rings. The predicted molar refractivity (Wildman–Crippen MR) is 88.4 cm³/mol. The molecule has 3 amide bonds. The Morgan fingerprint density at radius 2 is 1.96 bits per heavy atom. The van der Waals surface area contributed by atoms with Crippen molar-refractivity contribution in [3.63, 3.8) is 0 Å². The van der Waals surface area contributed by atoms with E-state index in [1.165, 1.54) is 17.0 Å². The van der Waals surface area contributed by atoms with Crippen molar-refractivity contribution in [2.75, 3.05) is 18.8 Å². The quantitative estimate of drug-likeness (QED) is 0.901. The van der Waals surface area contributed by atoms with Gasteiger partial charge in [-0.3, -0.25) is 24.4 Å². The highest BCUT2D eigenvalue weighted by atomic mass is 32.2. The van der Waals surface area contributed by atoms with Gasteiger partial charge in [-0.05, 0) is 30.3 Å². The van der Waals surface area contributed by atoms with E-state index >= 15 is 0 Å². The van der Waals surface area contributed by atoms with Gasteiger partial charge < -0.3 is 4.90 Å². The number of carbonyl (C=O) groups excluding carboxylic acids is 3. The van der Waals surface area contributed by atoms with Crippen LogP contribution in [-0.2, 0) is 4.79 Å². The number of amides is 3. The minimum atomic E-state index is -0.341. The summed E-state index contributed by atoms with van der Waals surface area (Å²) >= 11 is 0.990. The molecule has 9 heteroatoms. The average molecular weight is 360 g/mol. The van der Waals surface area contributed by atoms with Gasteiger partial charge in [-0.25, -0.2) is 4.39 Å². The summed E-state index contributed by atoms with van der Waals surface area (Å²) in [5.74, 6) is -0.618. The maximum atomic E-state index is 13.0. The van der Waals surface area contributed by atoms with Crippen molar-refractivity contribution < 1.29 is 18.8 Å². The van der Waals surface area contributed by atoms with Gasteiger partial charge in [-0.2, -0.15) is 5.10 Å². The molecule has 1 aromatic heterocycles. The Hall–Kier alpha value is -2.68. The van der Waals surface area contributed by atoms with Gasteiger partial charge in [0.1, 0.15) is 11.5 Å². The summed E-state index contributed by atoms with van der Waals surface area (Å²) in [6, 6.07) is 7.17. The van der Waals surface area contributed by atoms with Crippen LogP contribution in [0.15, 0.2) is 30.3 Å². The van der Waals surface area contributed by atoms with E-state index in [0.29, 0.717) is 30.0 Å². The predicted octanol–water partition coefficient (Wildman–Crippen LogP) is 1.74. The molecule has 1 aromatic carbocycles. The lowest BCUT2D eigenvalue weighted by Crippen LogP contribution is -2.62. The summed E-state index contributed by atoms with van der Waals surface area (Å²) in [5, 5.41) is 6.52. The molecule has 0 aliphatic carbocycles. The molecule has 0 atom stereocenters. The minimum absolute atomic E-state index is 0.171. The number of aromatic amines is 1. The molecule has 7 nitrogen and oxygen atoms in total. The smallest absolute Gasteiger partial charge is 0.289 e. The molecule has 0 saturated carbocycles. The highest BCUT2D eigenvalue weighted by Crippen LogP contribution is 2.27. The number of aromatic nitrogens is 2. The molecule has 2 saturated heterocycles. The maximum absolute atomic E-state index is 13.0. The Morgan fingerprint density at radius 3 is 2.60 bits per heavy atom. The van der Waals surface area contributed by atoms with E-state index in [1.807, 2.05) is 0 Å². The molecular weight excluding hydrogens is 347 g/mol. The fourth-order valence-electron chi connectivity index (χ4n) is 2.87. The minimum Gasteiger partial charge on any atom is -0.333 e. The lowest BCUT2D eigenvalue weighted by Gasteiger charge is -2.42. The number of nitrogens with zero attached hydrogens (tertiary/aromatic N) is 3. The van der Waals surface area contributed by atoms with Gasteiger partial charge in [0.15, 0.2) is 0 Å². The summed E-state index contributed by atoms with van der Waals surface area (Å²) in [6.45, 7) is 0.642. The molecule has 4 rings (SSSR count). The van der Waals surface area contributed by atoms with Gasteiger partial charge in [0.05, 0.1) is 17.5 Å². The molecule has 0 unspecified atom stereocenters. The number of imide groups is 1. The number of benzene rings is 1. The number of hydrogen-bond acceptors (Lipinski definition) is 5. The third-order valence-corrected chi connectivity index (χ3v) is 5.08. The highest BCUT2D eigenvalue weighted by molar-refractivity contribution is 8.14. The molecule has 0 spiro atoms. The first-order valence-corrected chi connectivity index (χ1v) is 8.61. The van der Waals surface area contributed by atoms with E-state index < -0.39 is 0 Å². The SMILES string of the molecule is O=C(c1cc(-c2ccc(F)cc2)n[nH]1)N1CC(N2C(=O)CSC2=O)C1. The number of H-pyrrole nitrogens is 1. The number of nitrogens with one attached hydrogen (secondary N) is 1. The number of carbonyl (C=O) groups is 3. The fraction of sp³-hybridized carbons (Fsp3) is 0.250. The van der Waals surface area contributed by atoms with Crippen LogP contribution in [0.5, 0.6) is 0 Å². The number of rotatable bonds is 3. The monoisotopic (exact) mass is 360 g/mol. The lowest BCUT2D eigenvalue weighted by molar-refractivity contribution is -0.128. The zero-order chi connectivity index (χ0) is 17.6. The van der Waals surface area contributed by atoms with E-state index in [4.69, 9.17) is 0 Å². The van der Waals surface area contributed by atoms with Crippen LogP contribution < -0.4 is 0 Å². The van der Waals surface area contributed by atoms with Crippen molar-refractivity contribution in [1.29, 1.82) is 0 Å². The van der Waals surface area contributed by atoms with Crippen molar-refractivity contribution in [3.8, 4) is 11.3 Å². The van der Waals surface area contributed by atoms with Crippen molar-refractivity contribution >= 4 is 28.8 Å². The van der Waals surface area contributed by atoms with Crippen LogP contribution in [0.3, 0.4) is 0 Å². The van der Waals surface area contributed by atoms with Crippen LogP contribution in [0.2, 0.25) is 0 Å². The zero-order valence-corrected chi connectivity index (χ0v) is 13.8. The van der Waals surface area contributed by atoms with E-state index in [-0.39, 0.29) is 34.7 Å². The molecular formula is C16H13FN4O3S. The molecule has 1 N–H and O–H groups in total. The standard InChI is InChI=1S/C16H13FN4O3S/c17-10-3-1-9(2-4-10)12-5-13(19-18-12)15(23)20-6-11(7-20)21-14(22)8-25-16(21)24/h1-5,11H,6-8H2,(H,18,19). The highest BCUT2D eigenvalue weighted by Gasteiger charge is 2.43. The van der Waals surface area contributed by atoms with E-state index in [1.54, 1.807) is 23.1 Å². The first-order chi connectivity index (χ1) is 12.0. The van der Waals surface area contributed by atoms with E-state index in [9.17, 15) is 18.8 Å². The van der Waals surface area contributed by atoms with Crippen molar-refractivity contribution in [3.05, 3.63) is 41.8 Å². The number of halogens is 1. The Bertz CT molecular complexity index is 845. The molecule has 0 bridgehead atoms. The molecule has 2 fully saturated rings. The van der Waals surface area contributed by atoms with Gasteiger partial charge in [0, 0.05) is 18.7 Å². The molecule has 2 aliphatic heterocycles. The Morgan fingerprint density at radius 1 is 1.24 bits per heavy atom. The number of thioether (sulfide) groups is 1. The second-order valence-corrected chi connectivity index (χ2v) is 6.78. The van der Waals surface area contributed by atoms with Crippen LogP contribution in [0.25, 0.3) is 11.3 Å². The van der Waals surface area contributed by atoms with Crippen LogP contribution in [-0.4, -0.2) is 61.9 Å². The summed E-state index contributed by atoms with van der Waals surface area (Å²) in [6.07, 6.45) is 0. The first-order valence-electron chi connectivity index (χ1n) is 7.62. The molecule has 3 heterocycles. The Labute approximate surface area is 146 Å². The summed E-state index contributed by atoms with van der Waals surface area (Å²) < 4.78 is 13.0. The maximum Gasteiger partial charge on any atom is 0.289 e.